The SMILES string of the molecule is Cc1cnc(C(=O)NCCOCc2ccccc2)cn1. The van der Waals surface area contributed by atoms with Crippen molar-refractivity contribution < 1.29 is 9.53 Å². The number of hydrogen-bond acceptors (Lipinski definition) is 4. The van der Waals surface area contributed by atoms with Gasteiger partial charge in [0.15, 0.2) is 0 Å². The number of amides is 1. The van der Waals surface area contributed by atoms with Gasteiger partial charge in [-0.2, -0.15) is 0 Å². The molecule has 0 spiro atoms. The number of nitrogens with one attached hydrogen (secondary N) is 1. The number of aryl methyl sites for hydroxylation is 1. The van der Waals surface area contributed by atoms with Gasteiger partial charge in [0.05, 0.1) is 25.1 Å². The molecule has 0 unspecified atom stereocenters. The van der Waals surface area contributed by atoms with Crippen LogP contribution in [0.3, 0.4) is 0 Å². The summed E-state index contributed by atoms with van der Waals surface area (Å²) < 4.78 is 5.47. The lowest BCUT2D eigenvalue weighted by molar-refractivity contribution is 0.0896. The van der Waals surface area contributed by atoms with E-state index in [2.05, 4.69) is 15.3 Å². The van der Waals surface area contributed by atoms with E-state index in [1.807, 2.05) is 37.3 Å². The van der Waals surface area contributed by atoms with Gasteiger partial charge in [-0.05, 0) is 12.5 Å². The van der Waals surface area contributed by atoms with Crippen LogP contribution in [0.5, 0.6) is 0 Å². The molecule has 5 heteroatoms. The van der Waals surface area contributed by atoms with E-state index in [1.165, 1.54) is 6.20 Å². The van der Waals surface area contributed by atoms with Gasteiger partial charge in [0.25, 0.3) is 5.91 Å². The molecule has 0 radical (unpaired) electrons. The number of rotatable bonds is 6. The van der Waals surface area contributed by atoms with E-state index in [0.29, 0.717) is 25.5 Å². The Bertz CT molecular complexity index is 541. The highest BCUT2D eigenvalue weighted by Crippen LogP contribution is 1.99. The van der Waals surface area contributed by atoms with Crippen molar-refractivity contribution in [3.8, 4) is 0 Å². The first-order chi connectivity index (χ1) is 9.75. The molecule has 0 aliphatic rings. The molecule has 104 valence electrons. The minimum absolute atomic E-state index is 0.235. The molecule has 1 aromatic heterocycles. The van der Waals surface area contributed by atoms with Crippen molar-refractivity contribution in [2.45, 2.75) is 13.5 Å². The summed E-state index contributed by atoms with van der Waals surface area (Å²) in [6.45, 7) is 3.27. The van der Waals surface area contributed by atoms with Gasteiger partial charge < -0.3 is 10.1 Å². The average molecular weight is 271 g/mol. The molecule has 0 atom stereocenters. The Labute approximate surface area is 118 Å². The molecule has 0 saturated carbocycles. The number of hydrogen-bond donors (Lipinski definition) is 1. The monoisotopic (exact) mass is 271 g/mol. The average Bonchev–Trinajstić information content (AvgIpc) is 2.48. The van der Waals surface area contributed by atoms with E-state index in [1.54, 1.807) is 6.20 Å². The smallest absolute Gasteiger partial charge is 0.271 e. The Morgan fingerprint density at radius 2 is 2.00 bits per heavy atom. The molecule has 0 fully saturated rings. The first kappa shape index (κ1) is 14.1. The lowest BCUT2D eigenvalue weighted by Crippen LogP contribution is -2.28. The second-order valence-corrected chi connectivity index (χ2v) is 4.34. The maximum Gasteiger partial charge on any atom is 0.271 e. The van der Waals surface area contributed by atoms with Gasteiger partial charge in [0.1, 0.15) is 5.69 Å². The fourth-order valence-corrected chi connectivity index (χ4v) is 1.60. The summed E-state index contributed by atoms with van der Waals surface area (Å²) >= 11 is 0. The number of nitrogens with zero attached hydrogens (tertiary/aromatic N) is 2. The minimum atomic E-state index is -0.235. The molecule has 1 heterocycles. The number of benzene rings is 1. The van der Waals surface area contributed by atoms with E-state index in [0.717, 1.165) is 11.3 Å². The summed E-state index contributed by atoms with van der Waals surface area (Å²) in [5.74, 6) is -0.235. The molecule has 0 saturated heterocycles. The standard InChI is InChI=1S/C15H17N3O2/c1-12-9-18-14(10-17-12)15(19)16-7-8-20-11-13-5-3-2-4-6-13/h2-6,9-10H,7-8,11H2,1H3,(H,16,19). The predicted molar refractivity (Wildman–Crippen MR) is 75.2 cm³/mol. The first-order valence-electron chi connectivity index (χ1n) is 6.44. The molecular formula is C15H17N3O2. The highest BCUT2D eigenvalue weighted by Gasteiger charge is 2.06. The van der Waals surface area contributed by atoms with Crippen LogP contribution in [0.25, 0.3) is 0 Å². The van der Waals surface area contributed by atoms with Gasteiger partial charge in [0, 0.05) is 12.7 Å². The van der Waals surface area contributed by atoms with Gasteiger partial charge in [-0.15, -0.1) is 0 Å². The summed E-state index contributed by atoms with van der Waals surface area (Å²) in [5.41, 5.74) is 2.22. The van der Waals surface area contributed by atoms with Crippen LogP contribution in [-0.2, 0) is 11.3 Å². The fourth-order valence-electron chi connectivity index (χ4n) is 1.60. The zero-order chi connectivity index (χ0) is 14.2. The summed E-state index contributed by atoms with van der Waals surface area (Å²) in [6.07, 6.45) is 3.04. The number of carbonyl (C=O) groups is 1. The molecule has 1 N–H and O–H groups in total. The van der Waals surface area contributed by atoms with Crippen molar-refractivity contribution in [2.24, 2.45) is 0 Å². The zero-order valence-electron chi connectivity index (χ0n) is 11.4. The third kappa shape index (κ3) is 4.44. The third-order valence-electron chi connectivity index (χ3n) is 2.66. The largest absolute Gasteiger partial charge is 0.375 e. The highest BCUT2D eigenvalue weighted by molar-refractivity contribution is 5.91. The Morgan fingerprint density at radius 3 is 2.70 bits per heavy atom. The normalized spacial score (nSPS) is 10.2. The van der Waals surface area contributed by atoms with Crippen LogP contribution >= 0.6 is 0 Å². The Balaban J connectivity index is 1.66. The topological polar surface area (TPSA) is 64.1 Å². The van der Waals surface area contributed by atoms with E-state index >= 15 is 0 Å². The van der Waals surface area contributed by atoms with Crippen LogP contribution in [0.15, 0.2) is 42.7 Å². The molecule has 0 bridgehead atoms. The van der Waals surface area contributed by atoms with E-state index in [9.17, 15) is 4.79 Å². The van der Waals surface area contributed by atoms with Crippen LogP contribution in [-0.4, -0.2) is 29.0 Å². The van der Waals surface area contributed by atoms with Crippen molar-refractivity contribution in [1.82, 2.24) is 15.3 Å². The summed E-state index contributed by atoms with van der Waals surface area (Å²) in [4.78, 5) is 19.8. The highest BCUT2D eigenvalue weighted by atomic mass is 16.5. The van der Waals surface area contributed by atoms with Crippen LogP contribution < -0.4 is 5.32 Å². The summed E-state index contributed by atoms with van der Waals surface area (Å²) in [5, 5.41) is 2.74. The minimum Gasteiger partial charge on any atom is -0.375 e. The van der Waals surface area contributed by atoms with Crippen LogP contribution in [0.2, 0.25) is 0 Å². The lowest BCUT2D eigenvalue weighted by Gasteiger charge is -2.06. The van der Waals surface area contributed by atoms with Crippen molar-refractivity contribution in [2.75, 3.05) is 13.2 Å². The molecule has 0 aliphatic carbocycles. The molecular weight excluding hydrogens is 254 g/mol. The predicted octanol–water partition coefficient (Wildman–Crippen LogP) is 1.73. The Hall–Kier alpha value is -2.27. The maximum absolute atomic E-state index is 11.7. The second kappa shape index (κ2) is 7.35. The summed E-state index contributed by atoms with van der Waals surface area (Å²) in [6, 6.07) is 9.90. The number of ether oxygens (including phenoxy) is 1. The molecule has 20 heavy (non-hydrogen) atoms. The maximum atomic E-state index is 11.7. The van der Waals surface area contributed by atoms with Crippen molar-refractivity contribution in [1.29, 1.82) is 0 Å². The number of aromatic nitrogens is 2. The van der Waals surface area contributed by atoms with Gasteiger partial charge in [-0.3, -0.25) is 9.78 Å². The van der Waals surface area contributed by atoms with Gasteiger partial charge in [-0.1, -0.05) is 30.3 Å². The van der Waals surface area contributed by atoms with Crippen LogP contribution in [0.1, 0.15) is 21.7 Å². The molecule has 5 nitrogen and oxygen atoms in total. The zero-order valence-corrected chi connectivity index (χ0v) is 11.4. The van der Waals surface area contributed by atoms with Crippen molar-refractivity contribution in [3.63, 3.8) is 0 Å². The Morgan fingerprint density at radius 1 is 1.20 bits per heavy atom. The van der Waals surface area contributed by atoms with Gasteiger partial charge >= 0.3 is 0 Å². The van der Waals surface area contributed by atoms with Crippen LogP contribution in [0.4, 0.5) is 0 Å². The van der Waals surface area contributed by atoms with Gasteiger partial charge in [-0.25, -0.2) is 4.98 Å². The fraction of sp³-hybridized carbons (Fsp3) is 0.267. The molecule has 1 amide bonds. The van der Waals surface area contributed by atoms with Gasteiger partial charge in [0.2, 0.25) is 0 Å². The molecule has 2 aromatic rings. The van der Waals surface area contributed by atoms with Crippen molar-refractivity contribution >= 4 is 5.91 Å². The molecule has 0 aliphatic heterocycles. The first-order valence-corrected chi connectivity index (χ1v) is 6.44. The second-order valence-electron chi connectivity index (χ2n) is 4.34. The lowest BCUT2D eigenvalue weighted by atomic mass is 10.2. The quantitative estimate of drug-likeness (QED) is 0.813. The molecule has 1 aromatic carbocycles. The van der Waals surface area contributed by atoms with E-state index < -0.39 is 0 Å². The van der Waals surface area contributed by atoms with E-state index in [4.69, 9.17) is 4.74 Å². The van der Waals surface area contributed by atoms with E-state index in [-0.39, 0.29) is 5.91 Å². The van der Waals surface area contributed by atoms with Crippen molar-refractivity contribution in [3.05, 3.63) is 59.7 Å². The molecule has 2 rings (SSSR count). The summed E-state index contributed by atoms with van der Waals surface area (Å²) in [7, 11) is 0. The van der Waals surface area contributed by atoms with Crippen LogP contribution in [0, 0.1) is 6.92 Å². The third-order valence-corrected chi connectivity index (χ3v) is 2.66. The number of carbonyl (C=O) groups excluding carboxylic acids is 1. The Kier molecular flexibility index (Phi) is 5.20.